The molecule has 0 radical (unpaired) electrons. The van der Waals surface area contributed by atoms with Gasteiger partial charge in [-0.2, -0.15) is 0 Å². The molecule has 1 aromatic heterocycles. The van der Waals surface area contributed by atoms with Crippen LogP contribution in [0.2, 0.25) is 0 Å². The molecule has 0 spiro atoms. The minimum atomic E-state index is 0.210. The van der Waals surface area contributed by atoms with Crippen molar-refractivity contribution in [3.8, 4) is 0 Å². The van der Waals surface area contributed by atoms with Crippen molar-refractivity contribution in [2.24, 2.45) is 11.8 Å². The largest absolute Gasteiger partial charge is 0.378 e. The average molecular weight is 368 g/mol. The summed E-state index contributed by atoms with van der Waals surface area (Å²) in [6.45, 7) is 12.2. The number of carbonyl (C=O) groups is 1. The molecule has 0 saturated carbocycles. The van der Waals surface area contributed by atoms with E-state index >= 15 is 0 Å². The lowest BCUT2D eigenvalue weighted by atomic mass is 9.92. The third-order valence-corrected chi connectivity index (χ3v) is 5.81. The molecular weight excluding hydrogens is 338 g/mol. The molecule has 8 heteroatoms. The highest BCUT2D eigenvalue weighted by molar-refractivity contribution is 7.99. The third-order valence-electron chi connectivity index (χ3n) is 4.85. The van der Waals surface area contributed by atoms with E-state index in [9.17, 15) is 4.79 Å². The van der Waals surface area contributed by atoms with Gasteiger partial charge in [0.1, 0.15) is 0 Å². The van der Waals surface area contributed by atoms with Crippen molar-refractivity contribution in [2.45, 2.75) is 38.9 Å². The number of nitrogens with zero attached hydrogens (tertiary/aromatic N) is 5. The standard InChI is InChI=1S/C17H29N5O2S/c1-4-22-16(20-5-7-24-8-6-20)18-19-17(22)25-12-15(23)21-10-13(2)9-14(3)11-21/h13-14H,4-12H2,1-3H3. The molecule has 0 aliphatic carbocycles. The Labute approximate surface area is 154 Å². The molecule has 2 saturated heterocycles. The number of piperidine rings is 1. The van der Waals surface area contributed by atoms with Crippen LogP contribution in [0, 0.1) is 11.8 Å². The number of hydrogen-bond donors (Lipinski definition) is 0. The van der Waals surface area contributed by atoms with Gasteiger partial charge in [0, 0.05) is 32.7 Å². The van der Waals surface area contributed by atoms with Crippen molar-refractivity contribution in [1.82, 2.24) is 19.7 Å². The number of carbonyl (C=O) groups excluding carboxylic acids is 1. The smallest absolute Gasteiger partial charge is 0.233 e. The first-order valence-electron chi connectivity index (χ1n) is 9.25. The number of thioether (sulfide) groups is 1. The Morgan fingerprint density at radius 3 is 2.52 bits per heavy atom. The Hall–Kier alpha value is -1.28. The van der Waals surface area contributed by atoms with Gasteiger partial charge in [0.25, 0.3) is 0 Å². The highest BCUT2D eigenvalue weighted by Gasteiger charge is 2.26. The zero-order valence-electron chi connectivity index (χ0n) is 15.5. The summed E-state index contributed by atoms with van der Waals surface area (Å²) in [5.74, 6) is 2.71. The second kappa shape index (κ2) is 8.40. The van der Waals surface area contributed by atoms with Gasteiger partial charge < -0.3 is 14.5 Å². The number of hydrogen-bond acceptors (Lipinski definition) is 6. The van der Waals surface area contributed by atoms with Gasteiger partial charge in [0.15, 0.2) is 5.16 Å². The fraction of sp³-hybridized carbons (Fsp3) is 0.824. The van der Waals surface area contributed by atoms with Crippen LogP contribution in [0.3, 0.4) is 0 Å². The molecule has 1 amide bonds. The molecule has 140 valence electrons. The lowest BCUT2D eigenvalue weighted by Gasteiger charge is -2.35. The Morgan fingerprint density at radius 2 is 1.88 bits per heavy atom. The molecule has 2 atom stereocenters. The van der Waals surface area contributed by atoms with E-state index < -0.39 is 0 Å². The minimum absolute atomic E-state index is 0.210. The molecule has 2 aliphatic heterocycles. The van der Waals surface area contributed by atoms with E-state index in [2.05, 4.69) is 40.4 Å². The van der Waals surface area contributed by atoms with Gasteiger partial charge in [-0.1, -0.05) is 25.6 Å². The topological polar surface area (TPSA) is 63.5 Å². The Kier molecular flexibility index (Phi) is 6.22. The van der Waals surface area contributed by atoms with E-state index in [0.29, 0.717) is 17.6 Å². The van der Waals surface area contributed by atoms with Crippen molar-refractivity contribution in [3.05, 3.63) is 0 Å². The maximum absolute atomic E-state index is 12.6. The normalized spacial score (nSPS) is 24.6. The summed E-state index contributed by atoms with van der Waals surface area (Å²) in [5, 5.41) is 9.52. The lowest BCUT2D eigenvalue weighted by Crippen LogP contribution is -2.43. The average Bonchev–Trinajstić information content (AvgIpc) is 3.02. The van der Waals surface area contributed by atoms with Crippen LogP contribution in [-0.2, 0) is 16.1 Å². The molecule has 3 rings (SSSR count). The molecule has 0 N–H and O–H groups in total. The first-order chi connectivity index (χ1) is 12.1. The zero-order chi connectivity index (χ0) is 17.8. The number of amides is 1. The van der Waals surface area contributed by atoms with Crippen molar-refractivity contribution in [1.29, 1.82) is 0 Å². The Morgan fingerprint density at radius 1 is 1.20 bits per heavy atom. The number of aromatic nitrogens is 3. The molecule has 2 aliphatic rings. The number of morpholine rings is 1. The van der Waals surface area contributed by atoms with E-state index in [1.165, 1.54) is 18.2 Å². The second-order valence-corrected chi connectivity index (χ2v) is 8.10. The molecule has 2 fully saturated rings. The molecule has 2 unspecified atom stereocenters. The van der Waals surface area contributed by atoms with Gasteiger partial charge in [-0.15, -0.1) is 10.2 Å². The van der Waals surface area contributed by atoms with Crippen LogP contribution >= 0.6 is 11.8 Å². The lowest BCUT2D eigenvalue weighted by molar-refractivity contribution is -0.130. The maximum Gasteiger partial charge on any atom is 0.233 e. The molecule has 0 bridgehead atoms. The van der Waals surface area contributed by atoms with Crippen LogP contribution in [0.4, 0.5) is 5.95 Å². The van der Waals surface area contributed by atoms with Crippen LogP contribution in [0.25, 0.3) is 0 Å². The predicted octanol–water partition coefficient (Wildman–Crippen LogP) is 1.73. The van der Waals surface area contributed by atoms with Crippen molar-refractivity contribution in [3.63, 3.8) is 0 Å². The summed E-state index contributed by atoms with van der Waals surface area (Å²) in [7, 11) is 0. The first-order valence-corrected chi connectivity index (χ1v) is 10.2. The Bertz CT molecular complexity index is 578. The predicted molar refractivity (Wildman–Crippen MR) is 99.0 cm³/mol. The highest BCUT2D eigenvalue weighted by Crippen LogP contribution is 2.25. The maximum atomic E-state index is 12.6. The van der Waals surface area contributed by atoms with Gasteiger partial charge in [0.2, 0.25) is 11.9 Å². The van der Waals surface area contributed by atoms with E-state index in [1.807, 2.05) is 4.90 Å². The van der Waals surface area contributed by atoms with Crippen LogP contribution in [0.1, 0.15) is 27.2 Å². The monoisotopic (exact) mass is 367 g/mol. The van der Waals surface area contributed by atoms with Crippen LogP contribution in [0.15, 0.2) is 5.16 Å². The minimum Gasteiger partial charge on any atom is -0.378 e. The third kappa shape index (κ3) is 4.47. The van der Waals surface area contributed by atoms with Gasteiger partial charge in [-0.25, -0.2) is 0 Å². The number of ether oxygens (including phenoxy) is 1. The van der Waals surface area contributed by atoms with Crippen molar-refractivity contribution < 1.29 is 9.53 Å². The SMILES string of the molecule is CCn1c(SCC(=O)N2CC(C)CC(C)C2)nnc1N1CCOCC1. The van der Waals surface area contributed by atoms with E-state index in [4.69, 9.17) is 4.74 Å². The van der Waals surface area contributed by atoms with Crippen LogP contribution in [0.5, 0.6) is 0 Å². The Balaban J connectivity index is 1.61. The number of anilines is 1. The fourth-order valence-electron chi connectivity index (χ4n) is 3.75. The quantitative estimate of drug-likeness (QED) is 0.739. The summed E-state index contributed by atoms with van der Waals surface area (Å²) < 4.78 is 7.51. The van der Waals surface area contributed by atoms with E-state index in [1.54, 1.807) is 0 Å². The van der Waals surface area contributed by atoms with Crippen LogP contribution < -0.4 is 4.90 Å². The second-order valence-electron chi connectivity index (χ2n) is 7.16. The summed E-state index contributed by atoms with van der Waals surface area (Å²) >= 11 is 1.50. The first kappa shape index (κ1) is 18.5. The van der Waals surface area contributed by atoms with Gasteiger partial charge in [-0.05, 0) is 25.2 Å². The number of likely N-dealkylation sites (tertiary alicyclic amines) is 1. The summed E-state index contributed by atoms with van der Waals surface area (Å²) in [5.41, 5.74) is 0. The molecule has 25 heavy (non-hydrogen) atoms. The van der Waals surface area contributed by atoms with Crippen molar-refractivity contribution >= 4 is 23.6 Å². The number of rotatable bonds is 5. The molecule has 0 aromatic carbocycles. The van der Waals surface area contributed by atoms with Gasteiger partial charge in [-0.3, -0.25) is 9.36 Å². The van der Waals surface area contributed by atoms with Crippen LogP contribution in [-0.4, -0.2) is 70.7 Å². The molecule has 7 nitrogen and oxygen atoms in total. The molecule has 1 aromatic rings. The van der Waals surface area contributed by atoms with Gasteiger partial charge in [0.05, 0.1) is 19.0 Å². The zero-order valence-corrected chi connectivity index (χ0v) is 16.3. The van der Waals surface area contributed by atoms with E-state index in [0.717, 1.165) is 57.0 Å². The van der Waals surface area contributed by atoms with E-state index in [-0.39, 0.29) is 5.91 Å². The molecule has 3 heterocycles. The fourth-order valence-corrected chi connectivity index (χ4v) is 4.65. The molecular formula is C17H29N5O2S. The summed E-state index contributed by atoms with van der Waals surface area (Å²) in [6, 6.07) is 0. The summed E-state index contributed by atoms with van der Waals surface area (Å²) in [4.78, 5) is 16.8. The highest BCUT2D eigenvalue weighted by atomic mass is 32.2. The van der Waals surface area contributed by atoms with Crippen molar-refractivity contribution in [2.75, 3.05) is 50.0 Å². The van der Waals surface area contributed by atoms with Gasteiger partial charge >= 0.3 is 0 Å². The summed E-state index contributed by atoms with van der Waals surface area (Å²) in [6.07, 6.45) is 1.21.